The van der Waals surface area contributed by atoms with Gasteiger partial charge >= 0.3 is 5.97 Å². The van der Waals surface area contributed by atoms with Crippen LogP contribution in [0.3, 0.4) is 0 Å². The molecule has 4 aromatic rings. The van der Waals surface area contributed by atoms with Crippen LogP contribution in [0.15, 0.2) is 95.4 Å². The largest absolute Gasteiger partial charge is 0.480 e. The molecule has 2 atom stereocenters. The molecule has 0 radical (unpaired) electrons. The number of hydrogen-bond donors (Lipinski definition) is 1. The van der Waals surface area contributed by atoms with Crippen LogP contribution in [0.5, 0.6) is 0 Å². The second-order valence-electron chi connectivity index (χ2n) is 7.57. The summed E-state index contributed by atoms with van der Waals surface area (Å²) in [6, 6.07) is 23.5. The lowest BCUT2D eigenvalue weighted by atomic mass is 9.66. The Bertz CT molecular complexity index is 1290. The molecule has 3 heteroatoms. The quantitative estimate of drug-likeness (QED) is 0.460. The first-order valence-corrected chi connectivity index (χ1v) is 9.72. The summed E-state index contributed by atoms with van der Waals surface area (Å²) in [5.74, 6) is -1.11. The van der Waals surface area contributed by atoms with Crippen molar-refractivity contribution in [3.05, 3.63) is 102 Å². The number of furan rings is 1. The minimum Gasteiger partial charge on any atom is -0.480 e. The van der Waals surface area contributed by atoms with Crippen LogP contribution in [0.2, 0.25) is 0 Å². The highest BCUT2D eigenvalue weighted by atomic mass is 16.4. The third kappa shape index (κ3) is 2.54. The Kier molecular flexibility index (Phi) is 3.92. The number of carboxylic acid groups (broad SMARTS) is 1. The summed E-state index contributed by atoms with van der Waals surface area (Å²) in [5.41, 5.74) is 2.78. The van der Waals surface area contributed by atoms with Gasteiger partial charge in [0.15, 0.2) is 0 Å². The smallest absolute Gasteiger partial charge is 0.318 e. The third-order valence-electron chi connectivity index (χ3n) is 5.98. The second kappa shape index (κ2) is 6.49. The molecule has 1 aliphatic rings. The summed E-state index contributed by atoms with van der Waals surface area (Å²) >= 11 is 0. The number of allylic oxidation sites excluding steroid dienone is 3. The fourth-order valence-electron chi connectivity index (χ4n) is 4.40. The molecular weight excluding hydrogens is 360 g/mol. The third-order valence-corrected chi connectivity index (χ3v) is 5.98. The van der Waals surface area contributed by atoms with E-state index in [1.807, 2.05) is 97.9 Å². The first kappa shape index (κ1) is 17.5. The van der Waals surface area contributed by atoms with Gasteiger partial charge in [-0.05, 0) is 23.1 Å². The van der Waals surface area contributed by atoms with Gasteiger partial charge in [0.2, 0.25) is 0 Å². The number of benzene rings is 3. The van der Waals surface area contributed by atoms with E-state index in [4.69, 9.17) is 4.42 Å². The van der Waals surface area contributed by atoms with Crippen molar-refractivity contribution in [2.75, 3.05) is 0 Å². The monoisotopic (exact) mass is 380 g/mol. The van der Waals surface area contributed by atoms with Crippen LogP contribution >= 0.6 is 0 Å². The zero-order chi connectivity index (χ0) is 20.0. The summed E-state index contributed by atoms with van der Waals surface area (Å²) in [7, 11) is 0. The minimum absolute atomic E-state index is 0.230. The lowest BCUT2D eigenvalue weighted by molar-refractivity contribution is -0.143. The van der Waals surface area contributed by atoms with E-state index in [0.29, 0.717) is 11.1 Å². The molecule has 2 unspecified atom stereocenters. The van der Waals surface area contributed by atoms with E-state index in [2.05, 4.69) is 0 Å². The van der Waals surface area contributed by atoms with Gasteiger partial charge in [-0.3, -0.25) is 4.79 Å². The number of fused-ring (bicyclic) bond motifs is 3. The Morgan fingerprint density at radius 2 is 1.66 bits per heavy atom. The van der Waals surface area contributed by atoms with Crippen LogP contribution in [0, 0.1) is 5.92 Å². The van der Waals surface area contributed by atoms with Gasteiger partial charge in [-0.1, -0.05) is 91.9 Å². The minimum atomic E-state index is -1.21. The topological polar surface area (TPSA) is 50.4 Å². The molecule has 0 fully saturated rings. The molecule has 0 spiro atoms. The van der Waals surface area contributed by atoms with E-state index in [1.54, 1.807) is 0 Å². The molecule has 0 aliphatic heterocycles. The predicted molar refractivity (Wildman–Crippen MR) is 116 cm³/mol. The normalized spacial score (nSPS) is 21.4. The van der Waals surface area contributed by atoms with Gasteiger partial charge in [0.1, 0.15) is 16.6 Å². The molecule has 0 amide bonds. The van der Waals surface area contributed by atoms with Gasteiger partial charge < -0.3 is 9.52 Å². The van der Waals surface area contributed by atoms with Crippen LogP contribution in [-0.2, 0) is 10.2 Å². The number of aliphatic carboxylic acids is 1. The highest BCUT2D eigenvalue weighted by Gasteiger charge is 2.46. The summed E-state index contributed by atoms with van der Waals surface area (Å²) in [6.07, 6.45) is 5.88. The Balaban J connectivity index is 1.82. The van der Waals surface area contributed by atoms with E-state index in [0.717, 1.165) is 27.5 Å². The summed E-state index contributed by atoms with van der Waals surface area (Å²) in [5, 5.41) is 12.4. The SMILES string of the molecule is CC1C=CC(c2ccccc2)=CC1(C(=O)O)c1cccc2c1oc1ccccc12. The van der Waals surface area contributed by atoms with Crippen molar-refractivity contribution in [3.63, 3.8) is 0 Å². The molecule has 5 rings (SSSR count). The molecule has 1 aromatic heterocycles. The molecule has 1 heterocycles. The lowest BCUT2D eigenvalue weighted by Crippen LogP contribution is -2.41. The van der Waals surface area contributed by atoms with Crippen LogP contribution in [0.4, 0.5) is 0 Å². The molecular formula is C26H20O3. The van der Waals surface area contributed by atoms with Gasteiger partial charge in [0.05, 0.1) is 0 Å². The van der Waals surface area contributed by atoms with Crippen molar-refractivity contribution < 1.29 is 14.3 Å². The number of rotatable bonds is 3. The maximum atomic E-state index is 12.8. The van der Waals surface area contributed by atoms with Crippen LogP contribution < -0.4 is 0 Å². The average Bonchev–Trinajstić information content (AvgIpc) is 3.13. The summed E-state index contributed by atoms with van der Waals surface area (Å²) < 4.78 is 6.18. The molecule has 29 heavy (non-hydrogen) atoms. The van der Waals surface area contributed by atoms with E-state index < -0.39 is 11.4 Å². The number of carboxylic acids is 1. The molecule has 0 bridgehead atoms. The van der Waals surface area contributed by atoms with Gasteiger partial charge in [0, 0.05) is 16.3 Å². The Morgan fingerprint density at radius 1 is 0.931 bits per heavy atom. The zero-order valence-corrected chi connectivity index (χ0v) is 16.0. The molecule has 1 aliphatic carbocycles. The van der Waals surface area contributed by atoms with Crippen molar-refractivity contribution in [2.24, 2.45) is 5.92 Å². The van der Waals surface area contributed by atoms with E-state index in [-0.39, 0.29) is 5.92 Å². The van der Waals surface area contributed by atoms with Gasteiger partial charge in [-0.2, -0.15) is 0 Å². The van der Waals surface area contributed by atoms with Crippen LogP contribution in [0.25, 0.3) is 27.5 Å². The van der Waals surface area contributed by atoms with Gasteiger partial charge in [-0.15, -0.1) is 0 Å². The van der Waals surface area contributed by atoms with Crippen molar-refractivity contribution in [3.8, 4) is 0 Å². The second-order valence-corrected chi connectivity index (χ2v) is 7.57. The summed E-state index contributed by atoms with van der Waals surface area (Å²) in [6.45, 7) is 1.95. The standard InChI is InChI=1S/C26H20O3/c1-17-14-15-19(18-8-3-2-4-9-18)16-26(17,25(27)28)22-12-7-11-21-20-10-5-6-13-23(20)29-24(21)22/h2-17H,1H3,(H,27,28). The van der Waals surface area contributed by atoms with E-state index in [1.165, 1.54) is 0 Å². The molecule has 3 aromatic carbocycles. The van der Waals surface area contributed by atoms with Crippen LogP contribution in [0.1, 0.15) is 18.1 Å². The molecule has 0 saturated carbocycles. The Hall–Kier alpha value is -3.59. The first-order chi connectivity index (χ1) is 14.1. The number of para-hydroxylation sites is 2. The number of carbonyl (C=O) groups is 1. The molecule has 1 N–H and O–H groups in total. The first-order valence-electron chi connectivity index (χ1n) is 9.72. The highest BCUT2D eigenvalue weighted by molar-refractivity contribution is 6.08. The maximum Gasteiger partial charge on any atom is 0.318 e. The lowest BCUT2D eigenvalue weighted by Gasteiger charge is -2.34. The highest BCUT2D eigenvalue weighted by Crippen LogP contribution is 2.45. The van der Waals surface area contributed by atoms with E-state index in [9.17, 15) is 9.90 Å². The van der Waals surface area contributed by atoms with Crippen molar-refractivity contribution in [2.45, 2.75) is 12.3 Å². The van der Waals surface area contributed by atoms with Gasteiger partial charge in [0.25, 0.3) is 0 Å². The maximum absolute atomic E-state index is 12.8. The fourth-order valence-corrected chi connectivity index (χ4v) is 4.40. The molecule has 3 nitrogen and oxygen atoms in total. The van der Waals surface area contributed by atoms with Crippen molar-refractivity contribution in [1.82, 2.24) is 0 Å². The number of hydrogen-bond acceptors (Lipinski definition) is 2. The van der Waals surface area contributed by atoms with Gasteiger partial charge in [-0.25, -0.2) is 0 Å². The Labute approximate surface area is 168 Å². The predicted octanol–water partition coefficient (Wildman–Crippen LogP) is 6.20. The van der Waals surface area contributed by atoms with Crippen LogP contribution in [-0.4, -0.2) is 11.1 Å². The van der Waals surface area contributed by atoms with Crippen molar-refractivity contribution in [1.29, 1.82) is 0 Å². The van der Waals surface area contributed by atoms with Crippen molar-refractivity contribution >= 4 is 33.5 Å². The molecule has 142 valence electrons. The average molecular weight is 380 g/mol. The zero-order valence-electron chi connectivity index (χ0n) is 16.0. The Morgan fingerprint density at radius 3 is 2.45 bits per heavy atom. The molecule has 0 saturated heterocycles. The fraction of sp³-hybridized carbons (Fsp3) is 0.115. The van der Waals surface area contributed by atoms with E-state index >= 15 is 0 Å². The summed E-state index contributed by atoms with van der Waals surface area (Å²) in [4.78, 5) is 12.8.